The number of nitrogens with zero attached hydrogens (tertiary/aromatic N) is 2. The molecular weight excluding hydrogens is 560 g/mol. The van der Waals surface area contributed by atoms with E-state index in [0.29, 0.717) is 5.71 Å². The van der Waals surface area contributed by atoms with Crippen molar-refractivity contribution in [2.24, 2.45) is 0 Å². The van der Waals surface area contributed by atoms with Crippen LogP contribution >= 0.6 is 0 Å². The molecule has 0 aliphatic rings. The van der Waals surface area contributed by atoms with E-state index in [0.717, 1.165) is 44.2 Å². The van der Waals surface area contributed by atoms with E-state index in [-0.39, 0.29) is 0 Å². The Morgan fingerprint density at radius 3 is 2.02 bits per heavy atom. The summed E-state index contributed by atoms with van der Waals surface area (Å²) < 4.78 is 6.36. The third kappa shape index (κ3) is 4.33. The lowest BCUT2D eigenvalue weighted by atomic mass is 9.97. The normalized spacial score (nSPS) is 11.5. The Labute approximate surface area is 266 Å². The van der Waals surface area contributed by atoms with Gasteiger partial charge in [0.15, 0.2) is 0 Å². The first-order valence-corrected chi connectivity index (χ1v) is 15.5. The average molecular weight is 589 g/mol. The van der Waals surface area contributed by atoms with Gasteiger partial charge >= 0.3 is 0 Å². The summed E-state index contributed by atoms with van der Waals surface area (Å²) in [6.07, 6.45) is 1.78. The van der Waals surface area contributed by atoms with E-state index in [1.165, 1.54) is 33.0 Å². The van der Waals surface area contributed by atoms with Gasteiger partial charge in [-0.25, -0.2) is 4.98 Å². The highest BCUT2D eigenvalue weighted by Gasteiger charge is 2.19. The average Bonchev–Trinajstić information content (AvgIpc) is 3.52. The number of pyridine rings is 1. The number of aromatic nitrogens is 1. The Kier molecular flexibility index (Phi) is 6.14. The van der Waals surface area contributed by atoms with Gasteiger partial charge in [0, 0.05) is 39.1 Å². The molecule has 7 aromatic carbocycles. The van der Waals surface area contributed by atoms with Crippen molar-refractivity contribution in [1.29, 1.82) is 0 Å². The molecule has 216 valence electrons. The van der Waals surface area contributed by atoms with Crippen molar-refractivity contribution in [2.75, 3.05) is 4.90 Å². The van der Waals surface area contributed by atoms with Gasteiger partial charge in [-0.15, -0.1) is 0 Å². The quantitative estimate of drug-likeness (QED) is 0.200. The number of hydrogen-bond donors (Lipinski definition) is 0. The molecule has 0 aliphatic heterocycles. The smallest absolute Gasteiger partial charge is 0.227 e. The summed E-state index contributed by atoms with van der Waals surface area (Å²) in [5.74, 6) is 0. The third-order valence-corrected chi connectivity index (χ3v) is 8.93. The number of benzene rings is 7. The fourth-order valence-electron chi connectivity index (χ4n) is 6.75. The van der Waals surface area contributed by atoms with Crippen molar-refractivity contribution in [1.82, 2.24) is 4.98 Å². The van der Waals surface area contributed by atoms with E-state index in [9.17, 15) is 0 Å². The highest BCUT2D eigenvalue weighted by atomic mass is 16.3. The van der Waals surface area contributed by atoms with Gasteiger partial charge in [0.1, 0.15) is 5.58 Å². The number of rotatable bonds is 5. The fraction of sp³-hybridized carbons (Fsp3) is 0. The van der Waals surface area contributed by atoms with Crippen LogP contribution in [0.4, 0.5) is 17.1 Å². The van der Waals surface area contributed by atoms with Crippen LogP contribution in [0.15, 0.2) is 174 Å². The zero-order chi connectivity index (χ0) is 30.5. The molecule has 46 heavy (non-hydrogen) atoms. The van der Waals surface area contributed by atoms with Crippen LogP contribution in [0.2, 0.25) is 0 Å². The maximum atomic E-state index is 6.36. The van der Waals surface area contributed by atoms with Crippen LogP contribution in [-0.2, 0) is 0 Å². The Morgan fingerprint density at radius 1 is 0.435 bits per heavy atom. The number of furan rings is 1. The van der Waals surface area contributed by atoms with Crippen LogP contribution in [0.5, 0.6) is 0 Å². The highest BCUT2D eigenvalue weighted by molar-refractivity contribution is 6.17. The SMILES string of the molecule is c1ccc(-c2ccc(N(c3cccc(-c4cccc5ccccc45)c3)c3cccc4c3ccc3c5cccnc5oc43)cc2)cc1. The molecule has 3 heteroatoms. The van der Waals surface area contributed by atoms with Crippen LogP contribution in [0.25, 0.3) is 65.9 Å². The minimum Gasteiger partial charge on any atom is -0.437 e. The topological polar surface area (TPSA) is 29.3 Å². The van der Waals surface area contributed by atoms with Crippen LogP contribution in [-0.4, -0.2) is 4.98 Å². The van der Waals surface area contributed by atoms with Crippen molar-refractivity contribution >= 4 is 60.7 Å². The molecule has 9 rings (SSSR count). The molecule has 2 aromatic heterocycles. The zero-order valence-corrected chi connectivity index (χ0v) is 25.0. The third-order valence-electron chi connectivity index (χ3n) is 8.93. The van der Waals surface area contributed by atoms with Crippen molar-refractivity contribution in [3.05, 3.63) is 170 Å². The van der Waals surface area contributed by atoms with Crippen LogP contribution in [0, 0.1) is 0 Å². The van der Waals surface area contributed by atoms with E-state index in [4.69, 9.17) is 4.42 Å². The zero-order valence-electron chi connectivity index (χ0n) is 25.0. The largest absolute Gasteiger partial charge is 0.437 e. The summed E-state index contributed by atoms with van der Waals surface area (Å²) in [5.41, 5.74) is 9.52. The molecule has 0 bridgehead atoms. The molecule has 0 radical (unpaired) electrons. The lowest BCUT2D eigenvalue weighted by molar-refractivity contribution is 0.657. The molecule has 0 saturated carbocycles. The fourth-order valence-corrected chi connectivity index (χ4v) is 6.75. The van der Waals surface area contributed by atoms with Crippen molar-refractivity contribution in [3.8, 4) is 22.3 Å². The highest BCUT2D eigenvalue weighted by Crippen LogP contribution is 2.43. The second kappa shape index (κ2) is 10.8. The summed E-state index contributed by atoms with van der Waals surface area (Å²) >= 11 is 0. The van der Waals surface area contributed by atoms with Gasteiger partial charge in [-0.05, 0) is 81.6 Å². The summed E-state index contributed by atoms with van der Waals surface area (Å²) in [6.45, 7) is 0. The van der Waals surface area contributed by atoms with E-state index >= 15 is 0 Å². The summed E-state index contributed by atoms with van der Waals surface area (Å²) in [6, 6.07) is 58.2. The maximum Gasteiger partial charge on any atom is 0.227 e. The van der Waals surface area contributed by atoms with E-state index in [1.807, 2.05) is 6.07 Å². The molecule has 0 aliphatic carbocycles. The second-order valence-electron chi connectivity index (χ2n) is 11.6. The number of hydrogen-bond acceptors (Lipinski definition) is 3. The Balaban J connectivity index is 1.26. The molecule has 2 heterocycles. The molecule has 0 atom stereocenters. The predicted octanol–water partition coefficient (Wildman–Crippen LogP) is 12.1. The second-order valence-corrected chi connectivity index (χ2v) is 11.6. The molecule has 0 amide bonds. The number of anilines is 3. The van der Waals surface area contributed by atoms with Gasteiger partial charge < -0.3 is 9.32 Å². The molecule has 0 fully saturated rings. The Morgan fingerprint density at radius 2 is 1.11 bits per heavy atom. The summed E-state index contributed by atoms with van der Waals surface area (Å²) in [5, 5.41) is 6.75. The van der Waals surface area contributed by atoms with Crippen LogP contribution in [0.1, 0.15) is 0 Å². The van der Waals surface area contributed by atoms with Gasteiger partial charge in [-0.2, -0.15) is 0 Å². The molecule has 3 nitrogen and oxygen atoms in total. The first-order valence-electron chi connectivity index (χ1n) is 15.5. The standard InChI is InChI=1S/C43H28N2O/c1-2-10-29(11-3-1)30-21-23-33(24-22-30)45(34-15-6-14-32(28-34)36-17-7-13-31-12-4-5-16-35(31)36)41-20-8-18-38-37(41)25-26-39-40-19-9-27-44-43(40)46-42(38)39/h1-28H. The van der Waals surface area contributed by atoms with Gasteiger partial charge in [-0.1, -0.05) is 115 Å². The molecule has 0 spiro atoms. The Hall–Kier alpha value is -6.19. The maximum absolute atomic E-state index is 6.36. The van der Waals surface area contributed by atoms with Gasteiger partial charge in [-0.3, -0.25) is 0 Å². The number of fused-ring (bicyclic) bond motifs is 6. The van der Waals surface area contributed by atoms with Gasteiger partial charge in [0.2, 0.25) is 5.71 Å². The minimum absolute atomic E-state index is 0.659. The lowest BCUT2D eigenvalue weighted by Crippen LogP contribution is -2.10. The van der Waals surface area contributed by atoms with Gasteiger partial charge in [0.05, 0.1) is 5.69 Å². The lowest BCUT2D eigenvalue weighted by Gasteiger charge is -2.27. The first-order chi connectivity index (χ1) is 22.8. The first kappa shape index (κ1) is 26.2. The molecule has 0 N–H and O–H groups in total. The van der Waals surface area contributed by atoms with Crippen molar-refractivity contribution < 1.29 is 4.42 Å². The van der Waals surface area contributed by atoms with Gasteiger partial charge in [0.25, 0.3) is 0 Å². The van der Waals surface area contributed by atoms with E-state index < -0.39 is 0 Å². The van der Waals surface area contributed by atoms with Crippen LogP contribution in [0.3, 0.4) is 0 Å². The molecule has 0 unspecified atom stereocenters. The summed E-state index contributed by atoms with van der Waals surface area (Å²) in [7, 11) is 0. The van der Waals surface area contributed by atoms with Crippen molar-refractivity contribution in [3.63, 3.8) is 0 Å². The van der Waals surface area contributed by atoms with E-state index in [1.54, 1.807) is 6.20 Å². The summed E-state index contributed by atoms with van der Waals surface area (Å²) in [4.78, 5) is 6.85. The van der Waals surface area contributed by atoms with Crippen LogP contribution < -0.4 is 4.90 Å². The predicted molar refractivity (Wildman–Crippen MR) is 192 cm³/mol. The molecule has 0 saturated heterocycles. The molecule has 9 aromatic rings. The minimum atomic E-state index is 0.659. The molecular formula is C43H28N2O. The Bertz CT molecular complexity index is 2530. The van der Waals surface area contributed by atoms with E-state index in [2.05, 4.69) is 168 Å². The monoisotopic (exact) mass is 588 g/mol. The van der Waals surface area contributed by atoms with Crippen molar-refractivity contribution in [2.45, 2.75) is 0 Å².